The summed E-state index contributed by atoms with van der Waals surface area (Å²) in [5, 5.41) is 9.79. The second kappa shape index (κ2) is 8.17. The van der Waals surface area contributed by atoms with Gasteiger partial charge in [-0.3, -0.25) is 4.90 Å². The first-order chi connectivity index (χ1) is 10.2. The first-order valence-electron chi connectivity index (χ1n) is 7.26. The highest BCUT2D eigenvalue weighted by Gasteiger charge is 2.11. The van der Waals surface area contributed by atoms with E-state index >= 15 is 0 Å². The average molecular weight is 309 g/mol. The average Bonchev–Trinajstić information content (AvgIpc) is 2.93. The molecule has 1 N–H and O–H groups in total. The van der Waals surface area contributed by atoms with E-state index in [1.807, 2.05) is 24.3 Å². The largest absolute Gasteiger partial charge is 0.444 e. The Morgan fingerprint density at radius 2 is 2.19 bits per heavy atom. The van der Waals surface area contributed by atoms with Crippen LogP contribution in [0.15, 0.2) is 34.9 Å². The van der Waals surface area contributed by atoms with E-state index in [2.05, 4.69) is 16.8 Å². The van der Waals surface area contributed by atoms with E-state index in [0.717, 1.165) is 30.6 Å². The first kappa shape index (κ1) is 16.0. The van der Waals surface area contributed by atoms with Crippen molar-refractivity contribution in [1.29, 1.82) is 0 Å². The highest BCUT2D eigenvalue weighted by molar-refractivity contribution is 6.30. The van der Waals surface area contributed by atoms with Gasteiger partial charge in [-0.2, -0.15) is 0 Å². The Hall–Kier alpha value is -1.36. The maximum absolute atomic E-state index is 9.13. The zero-order chi connectivity index (χ0) is 15.1. The van der Waals surface area contributed by atoms with Gasteiger partial charge in [0.05, 0.1) is 12.3 Å². The molecule has 1 heterocycles. The Kier molecular flexibility index (Phi) is 6.23. The van der Waals surface area contributed by atoms with Crippen molar-refractivity contribution in [2.24, 2.45) is 0 Å². The fourth-order valence-electron chi connectivity index (χ4n) is 2.16. The molecule has 0 atom stereocenters. The molecule has 0 aliphatic carbocycles. The molecule has 0 fully saturated rings. The second-order valence-electron chi connectivity index (χ2n) is 5.01. The third-order valence-corrected chi connectivity index (χ3v) is 3.49. The molecule has 4 nitrogen and oxygen atoms in total. The predicted octanol–water partition coefficient (Wildman–Crippen LogP) is 3.59. The zero-order valence-corrected chi connectivity index (χ0v) is 13.0. The highest BCUT2D eigenvalue weighted by atomic mass is 35.5. The molecule has 1 aromatic carbocycles. The number of rotatable bonds is 8. The molecule has 2 rings (SSSR count). The molecular weight excluding hydrogens is 288 g/mol. The highest BCUT2D eigenvalue weighted by Crippen LogP contribution is 2.22. The van der Waals surface area contributed by atoms with E-state index in [1.54, 1.807) is 6.26 Å². The molecule has 0 unspecified atom stereocenters. The summed E-state index contributed by atoms with van der Waals surface area (Å²) in [4.78, 5) is 6.69. The van der Waals surface area contributed by atoms with Crippen molar-refractivity contribution in [3.8, 4) is 11.5 Å². The fraction of sp³-hybridized carbons (Fsp3) is 0.438. The van der Waals surface area contributed by atoms with Gasteiger partial charge < -0.3 is 9.52 Å². The summed E-state index contributed by atoms with van der Waals surface area (Å²) >= 11 is 5.98. The molecule has 0 saturated carbocycles. The van der Waals surface area contributed by atoms with E-state index in [9.17, 15) is 0 Å². The number of aliphatic hydroxyl groups excluding tert-OH is 1. The summed E-state index contributed by atoms with van der Waals surface area (Å²) in [5.74, 6) is 0.576. The van der Waals surface area contributed by atoms with Crippen molar-refractivity contribution in [2.45, 2.75) is 26.3 Å². The second-order valence-corrected chi connectivity index (χ2v) is 5.44. The number of oxazole rings is 1. The Bertz CT molecular complexity index is 557. The molecule has 1 aromatic heterocycles. The van der Waals surface area contributed by atoms with Crippen LogP contribution in [-0.4, -0.2) is 34.7 Å². The van der Waals surface area contributed by atoms with Crippen molar-refractivity contribution in [3.05, 3.63) is 41.2 Å². The molecule has 114 valence electrons. The summed E-state index contributed by atoms with van der Waals surface area (Å²) in [6, 6.07) is 7.45. The summed E-state index contributed by atoms with van der Waals surface area (Å²) in [6.07, 6.45) is 3.92. The normalized spacial score (nSPS) is 11.2. The number of halogens is 1. The van der Waals surface area contributed by atoms with Crippen LogP contribution in [0, 0.1) is 0 Å². The number of unbranched alkanes of at least 4 members (excludes halogenated alkanes) is 1. The molecule has 0 saturated heterocycles. The third-order valence-electron chi connectivity index (χ3n) is 3.25. The lowest BCUT2D eigenvalue weighted by molar-refractivity contribution is 0.187. The van der Waals surface area contributed by atoms with Gasteiger partial charge in [0, 0.05) is 23.7 Å². The minimum absolute atomic E-state index is 0.155. The van der Waals surface area contributed by atoms with Gasteiger partial charge in [-0.05, 0) is 31.2 Å². The molecule has 0 spiro atoms. The molecule has 0 aliphatic rings. The molecule has 2 aromatic rings. The number of aliphatic hydroxyl groups is 1. The van der Waals surface area contributed by atoms with E-state index in [4.69, 9.17) is 21.1 Å². The summed E-state index contributed by atoms with van der Waals surface area (Å²) < 4.78 is 5.53. The molecular formula is C16H21ClN2O2. The van der Waals surface area contributed by atoms with Crippen LogP contribution >= 0.6 is 11.6 Å². The van der Waals surface area contributed by atoms with Crippen LogP contribution in [0.4, 0.5) is 0 Å². The third kappa shape index (κ3) is 4.84. The van der Waals surface area contributed by atoms with Gasteiger partial charge in [0.25, 0.3) is 0 Å². The lowest BCUT2D eigenvalue weighted by Crippen LogP contribution is -2.27. The van der Waals surface area contributed by atoms with Gasteiger partial charge in [0.15, 0.2) is 0 Å². The van der Waals surface area contributed by atoms with E-state index < -0.39 is 0 Å². The summed E-state index contributed by atoms with van der Waals surface area (Å²) in [6.45, 7) is 4.60. The van der Waals surface area contributed by atoms with Gasteiger partial charge in [-0.15, -0.1) is 0 Å². The van der Waals surface area contributed by atoms with E-state index in [-0.39, 0.29) is 6.61 Å². The first-order valence-corrected chi connectivity index (χ1v) is 7.64. The fourth-order valence-corrected chi connectivity index (χ4v) is 2.35. The van der Waals surface area contributed by atoms with Crippen molar-refractivity contribution in [1.82, 2.24) is 9.88 Å². The Morgan fingerprint density at radius 1 is 1.33 bits per heavy atom. The van der Waals surface area contributed by atoms with Crippen LogP contribution in [0.1, 0.15) is 25.5 Å². The Labute approximate surface area is 130 Å². The minimum Gasteiger partial charge on any atom is -0.444 e. The number of aromatic nitrogens is 1. The summed E-state index contributed by atoms with van der Waals surface area (Å²) in [5.41, 5.74) is 1.74. The number of hydrogen-bond acceptors (Lipinski definition) is 4. The van der Waals surface area contributed by atoms with Crippen LogP contribution in [0.3, 0.4) is 0 Å². The van der Waals surface area contributed by atoms with Crippen LogP contribution in [0.2, 0.25) is 5.02 Å². The van der Waals surface area contributed by atoms with Crippen LogP contribution in [0.5, 0.6) is 0 Å². The maximum Gasteiger partial charge on any atom is 0.226 e. The van der Waals surface area contributed by atoms with Gasteiger partial charge >= 0.3 is 0 Å². The molecule has 0 amide bonds. The van der Waals surface area contributed by atoms with Crippen LogP contribution in [0.25, 0.3) is 11.5 Å². The minimum atomic E-state index is 0.155. The van der Waals surface area contributed by atoms with Gasteiger partial charge in [0.2, 0.25) is 5.89 Å². The molecule has 0 radical (unpaired) electrons. The zero-order valence-electron chi connectivity index (χ0n) is 12.3. The predicted molar refractivity (Wildman–Crippen MR) is 84.2 cm³/mol. The van der Waals surface area contributed by atoms with Crippen molar-refractivity contribution >= 4 is 11.6 Å². The summed E-state index contributed by atoms with van der Waals surface area (Å²) in [7, 11) is 0. The number of benzene rings is 1. The standard InChI is InChI=1S/C16H21ClN2O2/c1-2-3-7-19(8-9-20)11-15-12-21-16(18-15)13-5-4-6-14(17)10-13/h4-6,10,12,20H,2-3,7-9,11H2,1H3. The SMILES string of the molecule is CCCCN(CCO)Cc1coc(-c2cccc(Cl)c2)n1. The number of hydrogen-bond donors (Lipinski definition) is 1. The quantitative estimate of drug-likeness (QED) is 0.809. The van der Waals surface area contributed by atoms with Gasteiger partial charge in [-0.25, -0.2) is 4.98 Å². The van der Waals surface area contributed by atoms with E-state index in [0.29, 0.717) is 24.0 Å². The van der Waals surface area contributed by atoms with Crippen LogP contribution < -0.4 is 0 Å². The Balaban J connectivity index is 2.04. The van der Waals surface area contributed by atoms with Gasteiger partial charge in [-0.1, -0.05) is 31.0 Å². The molecule has 0 bridgehead atoms. The topological polar surface area (TPSA) is 49.5 Å². The lowest BCUT2D eigenvalue weighted by Gasteiger charge is -2.19. The van der Waals surface area contributed by atoms with Crippen molar-refractivity contribution in [3.63, 3.8) is 0 Å². The monoisotopic (exact) mass is 308 g/mol. The molecule has 21 heavy (non-hydrogen) atoms. The molecule has 0 aliphatic heterocycles. The maximum atomic E-state index is 9.13. The number of nitrogens with zero attached hydrogens (tertiary/aromatic N) is 2. The lowest BCUT2D eigenvalue weighted by atomic mass is 10.2. The molecule has 5 heteroatoms. The smallest absolute Gasteiger partial charge is 0.226 e. The van der Waals surface area contributed by atoms with Crippen LogP contribution in [-0.2, 0) is 6.54 Å². The Morgan fingerprint density at radius 3 is 2.90 bits per heavy atom. The van der Waals surface area contributed by atoms with E-state index in [1.165, 1.54) is 0 Å². The van der Waals surface area contributed by atoms with Crippen molar-refractivity contribution in [2.75, 3.05) is 19.7 Å². The van der Waals surface area contributed by atoms with Crippen molar-refractivity contribution < 1.29 is 9.52 Å². The van der Waals surface area contributed by atoms with Gasteiger partial charge in [0.1, 0.15) is 6.26 Å².